The van der Waals surface area contributed by atoms with Gasteiger partial charge in [-0.05, 0) is 42.3 Å². The summed E-state index contributed by atoms with van der Waals surface area (Å²) >= 11 is 0. The zero-order valence-electron chi connectivity index (χ0n) is 26.8. The monoisotopic (exact) mass is 635 g/mol. The number of nitrogens with one attached hydrogen (secondary N) is 2. The predicted octanol–water partition coefficient (Wildman–Crippen LogP) is 4.44. The highest BCUT2D eigenvalue weighted by Crippen LogP contribution is 2.40. The lowest BCUT2D eigenvalue weighted by Gasteiger charge is -2.31. The van der Waals surface area contributed by atoms with Crippen molar-refractivity contribution in [2.45, 2.75) is 32.7 Å². The lowest BCUT2D eigenvalue weighted by atomic mass is 9.86. The molecule has 3 heterocycles. The van der Waals surface area contributed by atoms with Crippen molar-refractivity contribution in [2.75, 3.05) is 56.6 Å². The molecular formula is C32H41N7O5S. The van der Waals surface area contributed by atoms with E-state index < -0.39 is 15.9 Å². The average molecular weight is 636 g/mol. The smallest absolute Gasteiger partial charge is 0.272 e. The molecule has 0 bridgehead atoms. The Balaban J connectivity index is 1.43. The van der Waals surface area contributed by atoms with Crippen molar-refractivity contribution >= 4 is 38.2 Å². The first-order chi connectivity index (χ1) is 21.2. The molecular weight excluding hydrogens is 594 g/mol. The number of benzene rings is 2. The van der Waals surface area contributed by atoms with E-state index in [-0.39, 0.29) is 16.9 Å². The van der Waals surface area contributed by atoms with E-state index in [1.54, 1.807) is 42.1 Å². The van der Waals surface area contributed by atoms with Crippen LogP contribution in [0.3, 0.4) is 0 Å². The molecule has 13 heteroatoms. The van der Waals surface area contributed by atoms with Crippen LogP contribution in [0.1, 0.15) is 42.6 Å². The molecule has 5 rings (SSSR count). The van der Waals surface area contributed by atoms with Crippen molar-refractivity contribution in [3.8, 4) is 17.4 Å². The third kappa shape index (κ3) is 7.55. The summed E-state index contributed by atoms with van der Waals surface area (Å²) < 4.78 is 40.4. The molecule has 2 N–H and O–H groups in total. The van der Waals surface area contributed by atoms with Gasteiger partial charge in [-0.25, -0.2) is 13.4 Å². The number of para-hydroxylation sites is 1. The van der Waals surface area contributed by atoms with Crippen LogP contribution in [0.15, 0.2) is 48.7 Å². The summed E-state index contributed by atoms with van der Waals surface area (Å²) in [4.78, 5) is 27.5. The normalized spacial score (nSPS) is 14.8. The molecule has 1 aliphatic rings. The van der Waals surface area contributed by atoms with Crippen molar-refractivity contribution in [3.63, 3.8) is 0 Å². The van der Waals surface area contributed by atoms with Crippen LogP contribution in [0.25, 0.3) is 10.9 Å². The van der Waals surface area contributed by atoms with Gasteiger partial charge in [0.25, 0.3) is 5.91 Å². The highest BCUT2D eigenvalue weighted by Gasteiger charge is 2.24. The van der Waals surface area contributed by atoms with Crippen molar-refractivity contribution < 1.29 is 22.7 Å². The lowest BCUT2D eigenvalue weighted by molar-refractivity contribution is 0.101. The van der Waals surface area contributed by atoms with E-state index in [1.807, 2.05) is 39.0 Å². The third-order valence-corrected chi connectivity index (χ3v) is 8.40. The fourth-order valence-corrected chi connectivity index (χ4v) is 5.90. The van der Waals surface area contributed by atoms with Crippen LogP contribution in [0.4, 0.5) is 11.4 Å². The van der Waals surface area contributed by atoms with Gasteiger partial charge in [0.1, 0.15) is 11.5 Å². The number of amides is 1. The number of carbonyl (C=O) groups excluding carboxylic acids is 1. The highest BCUT2D eigenvalue weighted by molar-refractivity contribution is 7.92. The van der Waals surface area contributed by atoms with E-state index in [9.17, 15) is 13.2 Å². The second kappa shape index (κ2) is 12.7. The van der Waals surface area contributed by atoms with Crippen LogP contribution in [0.2, 0.25) is 0 Å². The Hall–Kier alpha value is -4.20. The maximum Gasteiger partial charge on any atom is 0.272 e. The van der Waals surface area contributed by atoms with Gasteiger partial charge >= 0.3 is 0 Å². The number of hydrogen-bond acceptors (Lipinski definition) is 9. The van der Waals surface area contributed by atoms with Gasteiger partial charge in [0.05, 0.1) is 36.8 Å². The average Bonchev–Trinajstić information content (AvgIpc) is 3.30. The number of aryl methyl sites for hydroxylation is 1. The number of likely N-dealkylation sites (N-methyl/N-ethyl adjacent to an activating group) is 1. The molecule has 45 heavy (non-hydrogen) atoms. The first kappa shape index (κ1) is 32.2. The van der Waals surface area contributed by atoms with Gasteiger partial charge in [-0.1, -0.05) is 32.9 Å². The molecule has 12 nitrogen and oxygen atoms in total. The van der Waals surface area contributed by atoms with Crippen LogP contribution in [-0.2, 0) is 29.0 Å². The first-order valence-electron chi connectivity index (χ1n) is 14.7. The van der Waals surface area contributed by atoms with Gasteiger partial charge in [0.2, 0.25) is 15.9 Å². The minimum Gasteiger partial charge on any atom is -0.492 e. The summed E-state index contributed by atoms with van der Waals surface area (Å²) in [6.07, 6.45) is 2.77. The number of fused-ring (bicyclic) bond motifs is 1. The number of sulfonamides is 1. The van der Waals surface area contributed by atoms with E-state index in [0.29, 0.717) is 35.4 Å². The first-order valence-corrected chi connectivity index (χ1v) is 16.6. The number of nitrogens with zero attached hydrogens (tertiary/aromatic N) is 5. The van der Waals surface area contributed by atoms with Crippen LogP contribution < -0.4 is 19.5 Å². The van der Waals surface area contributed by atoms with Gasteiger partial charge in [-0.15, -0.1) is 0 Å². The zero-order valence-corrected chi connectivity index (χ0v) is 27.7. The van der Waals surface area contributed by atoms with E-state index in [1.165, 1.54) is 7.11 Å². The second-order valence-corrected chi connectivity index (χ2v) is 14.2. The molecule has 1 aliphatic heterocycles. The molecule has 0 atom stereocenters. The SMILES string of the molecule is COc1c(NC(=O)c2cc3cccc(Oc4ccnc(CN5CCN(C)CC5)n4)c3n2C)cc(C(C)(C)C)cc1NS(C)(=O)=O. The van der Waals surface area contributed by atoms with Crippen LogP contribution in [-0.4, -0.2) is 85.3 Å². The van der Waals surface area contributed by atoms with Crippen LogP contribution >= 0.6 is 0 Å². The Morgan fingerprint density at radius 2 is 1.73 bits per heavy atom. The Bertz CT molecular complexity index is 1820. The quantitative estimate of drug-likeness (QED) is 0.274. The van der Waals surface area contributed by atoms with Crippen LogP contribution in [0.5, 0.6) is 17.4 Å². The largest absolute Gasteiger partial charge is 0.492 e. The van der Waals surface area contributed by atoms with E-state index in [2.05, 4.69) is 36.9 Å². The third-order valence-electron chi connectivity index (χ3n) is 7.81. The maximum atomic E-state index is 13.8. The summed E-state index contributed by atoms with van der Waals surface area (Å²) in [6, 6.07) is 12.6. The molecule has 0 radical (unpaired) electrons. The fraction of sp³-hybridized carbons (Fsp3) is 0.406. The number of anilines is 2. The van der Waals surface area contributed by atoms with Crippen molar-refractivity contribution in [2.24, 2.45) is 7.05 Å². The maximum absolute atomic E-state index is 13.8. The van der Waals surface area contributed by atoms with E-state index in [4.69, 9.17) is 9.47 Å². The Kier molecular flexibility index (Phi) is 9.06. The van der Waals surface area contributed by atoms with Gasteiger partial charge in [0.15, 0.2) is 11.5 Å². The number of aromatic nitrogens is 3. The molecule has 0 aliphatic carbocycles. The van der Waals surface area contributed by atoms with Crippen molar-refractivity contribution in [3.05, 3.63) is 65.7 Å². The topological polar surface area (TPSA) is 131 Å². The van der Waals surface area contributed by atoms with Gasteiger partial charge in [0, 0.05) is 50.9 Å². The molecule has 240 valence electrons. The van der Waals surface area contributed by atoms with Crippen molar-refractivity contribution in [1.29, 1.82) is 0 Å². The van der Waals surface area contributed by atoms with Gasteiger partial charge < -0.3 is 24.3 Å². The minimum atomic E-state index is -3.61. The standard InChI is InChI=1S/C32H41N7O5S/c1-32(2,3)22-18-23(30(43-6)24(19-22)36-45(7,41)42)34-31(40)25-17-21-9-8-10-26(29(21)38(25)5)44-28-11-12-33-27(35-28)20-39-15-13-37(4)14-16-39/h8-12,17-19,36H,13-16,20H2,1-7H3,(H,34,40). The molecule has 1 amide bonds. The predicted molar refractivity (Wildman–Crippen MR) is 176 cm³/mol. The van der Waals surface area contributed by atoms with Gasteiger partial charge in [-0.3, -0.25) is 14.4 Å². The minimum absolute atomic E-state index is 0.209. The molecule has 1 saturated heterocycles. The number of methoxy groups -OCH3 is 1. The van der Waals surface area contributed by atoms with E-state index >= 15 is 0 Å². The molecule has 0 spiro atoms. The zero-order chi connectivity index (χ0) is 32.5. The number of ether oxygens (including phenoxy) is 2. The Labute approximate surface area is 264 Å². The number of hydrogen-bond donors (Lipinski definition) is 2. The molecule has 2 aromatic heterocycles. The van der Waals surface area contributed by atoms with Gasteiger partial charge in [-0.2, -0.15) is 4.98 Å². The fourth-order valence-electron chi connectivity index (χ4n) is 5.35. The summed E-state index contributed by atoms with van der Waals surface area (Å²) in [7, 11) is 1.74. The summed E-state index contributed by atoms with van der Waals surface area (Å²) in [5, 5.41) is 3.75. The van der Waals surface area contributed by atoms with E-state index in [0.717, 1.165) is 48.9 Å². The molecule has 0 unspecified atom stereocenters. The molecule has 0 saturated carbocycles. The van der Waals surface area contributed by atoms with Crippen LogP contribution in [0, 0.1) is 0 Å². The molecule has 2 aromatic carbocycles. The summed E-state index contributed by atoms with van der Waals surface area (Å²) in [6.45, 7) is 10.6. The number of carbonyl (C=O) groups is 1. The van der Waals surface area contributed by atoms with Crippen molar-refractivity contribution in [1.82, 2.24) is 24.3 Å². The highest BCUT2D eigenvalue weighted by atomic mass is 32.2. The number of piperazine rings is 1. The second-order valence-electron chi connectivity index (χ2n) is 12.5. The lowest BCUT2D eigenvalue weighted by Crippen LogP contribution is -2.44. The Morgan fingerprint density at radius 1 is 1.02 bits per heavy atom. The molecule has 1 fully saturated rings. The molecule has 4 aromatic rings. The summed E-state index contributed by atoms with van der Waals surface area (Å²) in [5.74, 6) is 1.47. The number of rotatable bonds is 9. The summed E-state index contributed by atoms with van der Waals surface area (Å²) in [5.41, 5.74) is 2.16. The Morgan fingerprint density at radius 3 is 2.40 bits per heavy atom.